The Kier molecular flexibility index (Phi) is 3.85. The average molecular weight is 240 g/mol. The van der Waals surface area contributed by atoms with Crippen molar-refractivity contribution in [3.63, 3.8) is 0 Å². The van der Waals surface area contributed by atoms with Crippen molar-refractivity contribution in [2.24, 2.45) is 0 Å². The minimum absolute atomic E-state index is 0. The van der Waals surface area contributed by atoms with Gasteiger partial charge in [0.25, 0.3) is 5.82 Å². The number of benzene rings is 1. The van der Waals surface area contributed by atoms with E-state index in [-0.39, 0.29) is 18.2 Å². The lowest BCUT2D eigenvalue weighted by Crippen LogP contribution is -2.11. The molecule has 84 valence electrons. The highest BCUT2D eigenvalue weighted by atomic mass is 35.5. The summed E-state index contributed by atoms with van der Waals surface area (Å²) in [7, 11) is 0. The quantitative estimate of drug-likeness (QED) is 0.817. The fourth-order valence-corrected chi connectivity index (χ4v) is 1.48. The van der Waals surface area contributed by atoms with Gasteiger partial charge in [-0.1, -0.05) is 12.1 Å². The van der Waals surface area contributed by atoms with Crippen LogP contribution in [0.25, 0.3) is 11.1 Å². The Labute approximate surface area is 99.7 Å². The maximum absolute atomic E-state index is 12.7. The van der Waals surface area contributed by atoms with Gasteiger partial charge >= 0.3 is 0 Å². The summed E-state index contributed by atoms with van der Waals surface area (Å²) in [6.45, 7) is 1.98. The predicted octanol–water partition coefficient (Wildman–Crippen LogP) is 2.62. The number of aromatic nitrogens is 1. The monoisotopic (exact) mass is 239 g/mol. The second-order valence-electron chi connectivity index (χ2n) is 3.51. The van der Waals surface area contributed by atoms with Crippen LogP contribution in [0.5, 0.6) is 0 Å². The molecule has 0 aliphatic heterocycles. The molecular formula is C12H13ClFN2+. The molecule has 2 aromatic rings. The van der Waals surface area contributed by atoms with Gasteiger partial charge in [0, 0.05) is 0 Å². The topological polar surface area (TPSA) is 40.2 Å². The zero-order valence-corrected chi connectivity index (χ0v) is 9.64. The van der Waals surface area contributed by atoms with Crippen LogP contribution in [0.4, 0.5) is 10.2 Å². The molecule has 4 heteroatoms. The van der Waals surface area contributed by atoms with Gasteiger partial charge in [0.05, 0.1) is 11.8 Å². The summed E-state index contributed by atoms with van der Waals surface area (Å²) in [6, 6.07) is 8.26. The number of halogens is 2. The van der Waals surface area contributed by atoms with Crippen molar-refractivity contribution in [3.8, 4) is 11.1 Å². The Morgan fingerprint density at radius 1 is 1.19 bits per heavy atom. The first-order valence-electron chi connectivity index (χ1n) is 4.70. The third kappa shape index (κ3) is 2.49. The Morgan fingerprint density at radius 3 is 2.44 bits per heavy atom. The van der Waals surface area contributed by atoms with E-state index in [0.29, 0.717) is 5.82 Å². The van der Waals surface area contributed by atoms with Crippen molar-refractivity contribution in [1.29, 1.82) is 0 Å². The third-order valence-corrected chi connectivity index (χ3v) is 2.27. The lowest BCUT2D eigenvalue weighted by atomic mass is 10.1. The highest BCUT2D eigenvalue weighted by Crippen LogP contribution is 2.23. The molecule has 0 aliphatic rings. The zero-order chi connectivity index (χ0) is 10.8. The van der Waals surface area contributed by atoms with Crippen LogP contribution in [0, 0.1) is 12.7 Å². The van der Waals surface area contributed by atoms with Crippen LogP contribution in [0.3, 0.4) is 0 Å². The van der Waals surface area contributed by atoms with Gasteiger partial charge in [0.1, 0.15) is 5.82 Å². The molecule has 2 rings (SSSR count). The van der Waals surface area contributed by atoms with Crippen molar-refractivity contribution in [3.05, 3.63) is 47.9 Å². The van der Waals surface area contributed by atoms with Crippen LogP contribution >= 0.6 is 12.4 Å². The van der Waals surface area contributed by atoms with Gasteiger partial charge in [-0.2, -0.15) is 0 Å². The van der Waals surface area contributed by atoms with Crippen LogP contribution in [-0.2, 0) is 0 Å². The first-order valence-corrected chi connectivity index (χ1v) is 4.70. The fourth-order valence-electron chi connectivity index (χ4n) is 1.48. The minimum atomic E-state index is -0.242. The van der Waals surface area contributed by atoms with E-state index in [4.69, 9.17) is 5.73 Å². The number of aromatic amines is 1. The molecule has 0 atom stereocenters. The van der Waals surface area contributed by atoms with Gasteiger partial charge in [-0.05, 0) is 36.2 Å². The number of H-pyrrole nitrogens is 1. The molecule has 16 heavy (non-hydrogen) atoms. The van der Waals surface area contributed by atoms with Gasteiger partial charge in [0.2, 0.25) is 0 Å². The third-order valence-electron chi connectivity index (χ3n) is 2.27. The van der Waals surface area contributed by atoms with Crippen LogP contribution in [0.2, 0.25) is 0 Å². The fraction of sp³-hybridized carbons (Fsp3) is 0.0833. The molecule has 0 bridgehead atoms. The number of hydrogen-bond donors (Lipinski definition) is 1. The highest BCUT2D eigenvalue weighted by Gasteiger charge is 2.07. The number of nitrogens with one attached hydrogen (secondary N) is 1. The van der Waals surface area contributed by atoms with E-state index >= 15 is 0 Å². The summed E-state index contributed by atoms with van der Waals surface area (Å²) in [4.78, 5) is 2.97. The van der Waals surface area contributed by atoms with Crippen LogP contribution in [-0.4, -0.2) is 0 Å². The molecule has 1 heterocycles. The molecule has 0 aliphatic carbocycles. The van der Waals surface area contributed by atoms with Crippen molar-refractivity contribution in [2.75, 3.05) is 5.73 Å². The van der Waals surface area contributed by atoms with Crippen molar-refractivity contribution < 1.29 is 9.37 Å². The van der Waals surface area contributed by atoms with Gasteiger partial charge < -0.3 is 0 Å². The number of rotatable bonds is 1. The summed E-state index contributed by atoms with van der Waals surface area (Å²) in [6.07, 6.45) is 1.84. The smallest absolute Gasteiger partial charge is 0.278 e. The number of nitrogen functional groups attached to an aromatic ring is 1. The molecule has 1 aromatic carbocycles. The first-order chi connectivity index (χ1) is 7.16. The maximum Gasteiger partial charge on any atom is 0.278 e. The van der Waals surface area contributed by atoms with Crippen LogP contribution in [0.1, 0.15) is 5.56 Å². The summed E-state index contributed by atoms with van der Waals surface area (Å²) in [5.74, 6) is 0.348. The molecular weight excluding hydrogens is 227 g/mol. The molecule has 0 amide bonds. The summed E-state index contributed by atoms with van der Waals surface area (Å²) < 4.78 is 12.7. The SMILES string of the molecule is Cc1c[nH+]c(N)c(-c2ccc(F)cc2)c1.Cl. The van der Waals surface area contributed by atoms with Crippen molar-refractivity contribution >= 4 is 18.2 Å². The molecule has 1 aromatic heterocycles. The molecule has 0 fully saturated rings. The van der Waals surface area contributed by atoms with Gasteiger partial charge in [0.15, 0.2) is 0 Å². The van der Waals surface area contributed by atoms with Gasteiger partial charge in [-0.25, -0.2) is 9.37 Å². The van der Waals surface area contributed by atoms with E-state index < -0.39 is 0 Å². The van der Waals surface area contributed by atoms with E-state index in [0.717, 1.165) is 16.7 Å². The molecule has 3 N–H and O–H groups in total. The van der Waals surface area contributed by atoms with E-state index in [1.807, 2.05) is 19.2 Å². The second kappa shape index (κ2) is 4.94. The number of aryl methyl sites for hydroxylation is 1. The van der Waals surface area contributed by atoms with Crippen LogP contribution < -0.4 is 10.7 Å². The van der Waals surface area contributed by atoms with Crippen LogP contribution in [0.15, 0.2) is 36.5 Å². The number of anilines is 1. The molecule has 0 unspecified atom stereocenters. The Balaban J connectivity index is 0.00000128. The Hall–Kier alpha value is -1.61. The molecule has 0 saturated carbocycles. The Bertz CT molecular complexity index is 483. The van der Waals surface area contributed by atoms with E-state index in [2.05, 4.69) is 4.98 Å². The molecule has 0 spiro atoms. The minimum Gasteiger partial charge on any atom is -0.287 e. The molecule has 2 nitrogen and oxygen atoms in total. The first kappa shape index (κ1) is 12.5. The number of hydrogen-bond acceptors (Lipinski definition) is 1. The highest BCUT2D eigenvalue weighted by molar-refractivity contribution is 5.85. The molecule has 0 radical (unpaired) electrons. The number of nitrogens with two attached hydrogens (primary N) is 1. The Morgan fingerprint density at radius 2 is 1.81 bits per heavy atom. The number of pyridine rings is 1. The van der Waals surface area contributed by atoms with E-state index in [1.54, 1.807) is 12.1 Å². The van der Waals surface area contributed by atoms with Crippen molar-refractivity contribution in [1.82, 2.24) is 0 Å². The maximum atomic E-state index is 12.7. The summed E-state index contributed by atoms with van der Waals surface area (Å²) in [5.41, 5.74) is 8.71. The summed E-state index contributed by atoms with van der Waals surface area (Å²) in [5, 5.41) is 0. The van der Waals surface area contributed by atoms with E-state index in [1.165, 1.54) is 12.1 Å². The van der Waals surface area contributed by atoms with E-state index in [9.17, 15) is 4.39 Å². The normalized spacial score (nSPS) is 9.62. The van der Waals surface area contributed by atoms with Gasteiger partial charge in [-0.3, -0.25) is 5.73 Å². The average Bonchev–Trinajstić information content (AvgIpc) is 2.23. The standard InChI is InChI=1S/C12H11FN2.ClH/c1-8-6-11(12(14)15-7-8)9-2-4-10(13)5-3-9;/h2-7H,1H3,(H2,14,15);1H/p+1. The predicted molar refractivity (Wildman–Crippen MR) is 64.8 cm³/mol. The second-order valence-corrected chi connectivity index (χ2v) is 3.51. The molecule has 0 saturated heterocycles. The zero-order valence-electron chi connectivity index (χ0n) is 8.83. The lowest BCUT2D eigenvalue weighted by Gasteiger charge is -2.02. The lowest BCUT2D eigenvalue weighted by molar-refractivity contribution is -0.360. The van der Waals surface area contributed by atoms with Crippen molar-refractivity contribution in [2.45, 2.75) is 6.92 Å². The summed E-state index contributed by atoms with van der Waals surface area (Å²) >= 11 is 0. The van der Waals surface area contributed by atoms with Gasteiger partial charge in [-0.15, -0.1) is 12.4 Å². The largest absolute Gasteiger partial charge is 0.287 e.